The van der Waals surface area contributed by atoms with Crippen molar-refractivity contribution < 1.29 is 18.1 Å². The van der Waals surface area contributed by atoms with Gasteiger partial charge in [0.1, 0.15) is 11.6 Å². The fourth-order valence-corrected chi connectivity index (χ4v) is 3.04. The van der Waals surface area contributed by atoms with Crippen LogP contribution in [0.15, 0.2) is 18.2 Å². The van der Waals surface area contributed by atoms with Crippen molar-refractivity contribution in [2.45, 2.75) is 59.3 Å². The first-order valence-electron chi connectivity index (χ1n) is 8.35. The molecule has 1 saturated heterocycles. The third kappa shape index (κ3) is 3.23. The highest BCUT2D eigenvalue weighted by Crippen LogP contribution is 2.36. The highest BCUT2D eigenvalue weighted by Gasteiger charge is 2.53. The molecule has 0 bridgehead atoms. The van der Waals surface area contributed by atoms with E-state index in [-0.39, 0.29) is 6.54 Å². The summed E-state index contributed by atoms with van der Waals surface area (Å²) in [7, 11) is -0.511. The number of hydrogen-bond donors (Lipinski definition) is 0. The van der Waals surface area contributed by atoms with Gasteiger partial charge in [-0.05, 0) is 59.2 Å². The van der Waals surface area contributed by atoms with E-state index in [0.29, 0.717) is 5.56 Å². The molecule has 134 valence electrons. The molecule has 0 amide bonds. The van der Waals surface area contributed by atoms with Crippen LogP contribution in [-0.4, -0.2) is 28.1 Å². The van der Waals surface area contributed by atoms with E-state index in [1.54, 1.807) is 4.68 Å². The van der Waals surface area contributed by atoms with Crippen molar-refractivity contribution in [3.63, 3.8) is 0 Å². The van der Waals surface area contributed by atoms with Gasteiger partial charge in [-0.2, -0.15) is 5.10 Å². The first-order chi connectivity index (χ1) is 11.5. The number of benzene rings is 1. The van der Waals surface area contributed by atoms with Gasteiger partial charge >= 0.3 is 7.12 Å². The standard InChI is InChI=1S/C18H23BF2N2O2/c1-11-16(19-24-17(3,4)18(5,6)25-19)12(2)23(22-11)10-13-7-14(20)9-15(21)8-13/h7-9H,10H2,1-6H3. The van der Waals surface area contributed by atoms with Crippen molar-refractivity contribution in [2.24, 2.45) is 0 Å². The lowest BCUT2D eigenvalue weighted by atomic mass is 9.77. The lowest BCUT2D eigenvalue weighted by Crippen LogP contribution is -2.41. The van der Waals surface area contributed by atoms with Gasteiger partial charge in [-0.1, -0.05) is 0 Å². The van der Waals surface area contributed by atoms with E-state index < -0.39 is 30.0 Å². The summed E-state index contributed by atoms with van der Waals surface area (Å²) in [6.45, 7) is 12.1. The lowest BCUT2D eigenvalue weighted by molar-refractivity contribution is 0.00578. The maximum atomic E-state index is 13.4. The van der Waals surface area contributed by atoms with Crippen molar-refractivity contribution in [1.29, 1.82) is 0 Å². The molecule has 3 rings (SSSR count). The Hall–Kier alpha value is -1.73. The number of hydrogen-bond acceptors (Lipinski definition) is 3. The van der Waals surface area contributed by atoms with Gasteiger partial charge in [0.15, 0.2) is 0 Å². The van der Waals surface area contributed by atoms with Crippen LogP contribution in [0.2, 0.25) is 0 Å². The summed E-state index contributed by atoms with van der Waals surface area (Å²) < 4.78 is 40.8. The average molecular weight is 348 g/mol. The van der Waals surface area contributed by atoms with Crippen molar-refractivity contribution in [1.82, 2.24) is 9.78 Å². The molecule has 0 N–H and O–H groups in total. The van der Waals surface area contributed by atoms with Crippen LogP contribution in [0.4, 0.5) is 8.78 Å². The Morgan fingerprint density at radius 1 is 1.00 bits per heavy atom. The van der Waals surface area contributed by atoms with E-state index in [0.717, 1.165) is 22.9 Å². The van der Waals surface area contributed by atoms with Crippen LogP contribution in [0, 0.1) is 25.5 Å². The fourth-order valence-electron chi connectivity index (χ4n) is 3.04. The number of nitrogens with zero attached hydrogens (tertiary/aromatic N) is 2. The predicted octanol–water partition coefficient (Wildman–Crippen LogP) is 3.13. The molecule has 1 aliphatic rings. The zero-order chi connectivity index (χ0) is 18.6. The molecule has 2 heterocycles. The fraction of sp³-hybridized carbons (Fsp3) is 0.500. The van der Waals surface area contributed by atoms with Gasteiger partial charge in [0.25, 0.3) is 0 Å². The molecular weight excluding hydrogens is 325 g/mol. The van der Waals surface area contributed by atoms with Crippen molar-refractivity contribution in [2.75, 3.05) is 0 Å². The third-order valence-corrected chi connectivity index (χ3v) is 5.18. The van der Waals surface area contributed by atoms with Gasteiger partial charge in [-0.3, -0.25) is 4.68 Å². The minimum atomic E-state index is -0.595. The Labute approximate surface area is 147 Å². The summed E-state index contributed by atoms with van der Waals surface area (Å²) >= 11 is 0. The van der Waals surface area contributed by atoms with Crippen molar-refractivity contribution in [3.8, 4) is 0 Å². The van der Waals surface area contributed by atoms with Crippen LogP contribution in [0.1, 0.15) is 44.6 Å². The number of aromatic nitrogens is 2. The largest absolute Gasteiger partial charge is 0.498 e. The Balaban J connectivity index is 1.92. The predicted molar refractivity (Wildman–Crippen MR) is 92.9 cm³/mol. The third-order valence-electron chi connectivity index (χ3n) is 5.18. The molecule has 1 fully saturated rings. The summed E-state index contributed by atoms with van der Waals surface area (Å²) in [4.78, 5) is 0. The first kappa shape index (κ1) is 18.1. The molecule has 1 aliphatic heterocycles. The first-order valence-corrected chi connectivity index (χ1v) is 8.35. The number of halogens is 2. The van der Waals surface area contributed by atoms with Crippen LogP contribution in [0.5, 0.6) is 0 Å². The van der Waals surface area contributed by atoms with Gasteiger partial charge in [-0.25, -0.2) is 8.78 Å². The molecule has 1 aromatic carbocycles. The topological polar surface area (TPSA) is 36.3 Å². The van der Waals surface area contributed by atoms with Gasteiger partial charge in [0.05, 0.1) is 23.4 Å². The summed E-state index contributed by atoms with van der Waals surface area (Å²) in [5, 5.41) is 4.52. The second-order valence-corrected chi connectivity index (χ2v) is 7.61. The Morgan fingerprint density at radius 2 is 1.52 bits per heavy atom. The molecule has 0 unspecified atom stereocenters. The van der Waals surface area contributed by atoms with Crippen LogP contribution >= 0.6 is 0 Å². The van der Waals surface area contributed by atoms with Crippen LogP contribution in [0.25, 0.3) is 0 Å². The molecule has 0 saturated carbocycles. The van der Waals surface area contributed by atoms with Gasteiger partial charge < -0.3 is 9.31 Å². The molecule has 0 atom stereocenters. The molecule has 0 aliphatic carbocycles. The van der Waals surface area contributed by atoms with Crippen molar-refractivity contribution >= 4 is 12.6 Å². The van der Waals surface area contributed by atoms with Crippen molar-refractivity contribution in [3.05, 3.63) is 46.8 Å². The van der Waals surface area contributed by atoms with E-state index in [2.05, 4.69) is 5.10 Å². The molecule has 7 heteroatoms. The minimum Gasteiger partial charge on any atom is -0.399 e. The normalized spacial score (nSPS) is 18.8. The highest BCUT2D eigenvalue weighted by molar-refractivity contribution is 6.63. The van der Waals surface area contributed by atoms with Gasteiger partial charge in [0, 0.05) is 17.2 Å². The molecular formula is C18H23BF2N2O2. The monoisotopic (exact) mass is 348 g/mol. The molecule has 25 heavy (non-hydrogen) atoms. The zero-order valence-corrected chi connectivity index (χ0v) is 15.5. The Kier molecular flexibility index (Phi) is 4.28. The van der Waals surface area contributed by atoms with E-state index in [4.69, 9.17) is 9.31 Å². The second-order valence-electron chi connectivity index (χ2n) is 7.61. The van der Waals surface area contributed by atoms with Crippen LogP contribution in [-0.2, 0) is 15.9 Å². The zero-order valence-electron chi connectivity index (χ0n) is 15.5. The van der Waals surface area contributed by atoms with Crippen LogP contribution in [0.3, 0.4) is 0 Å². The molecule has 0 spiro atoms. The Bertz CT molecular complexity index is 781. The van der Waals surface area contributed by atoms with Gasteiger partial charge in [-0.15, -0.1) is 0 Å². The van der Waals surface area contributed by atoms with E-state index in [1.165, 1.54) is 12.1 Å². The minimum absolute atomic E-state index is 0.279. The SMILES string of the molecule is Cc1nn(Cc2cc(F)cc(F)c2)c(C)c1B1OC(C)(C)C(C)(C)O1. The second kappa shape index (κ2) is 5.92. The van der Waals surface area contributed by atoms with E-state index in [9.17, 15) is 8.78 Å². The Morgan fingerprint density at radius 3 is 2.04 bits per heavy atom. The summed E-state index contributed by atoms with van der Waals surface area (Å²) in [5.74, 6) is -1.19. The maximum absolute atomic E-state index is 13.4. The smallest absolute Gasteiger partial charge is 0.399 e. The highest BCUT2D eigenvalue weighted by atomic mass is 19.1. The van der Waals surface area contributed by atoms with Crippen LogP contribution < -0.4 is 5.46 Å². The quantitative estimate of drug-likeness (QED) is 0.800. The maximum Gasteiger partial charge on any atom is 0.498 e. The lowest BCUT2D eigenvalue weighted by Gasteiger charge is -2.32. The molecule has 0 radical (unpaired) electrons. The average Bonchev–Trinajstić information content (AvgIpc) is 2.81. The van der Waals surface area contributed by atoms with E-state index >= 15 is 0 Å². The summed E-state index contributed by atoms with van der Waals surface area (Å²) in [6.07, 6.45) is 0. The number of rotatable bonds is 3. The summed E-state index contributed by atoms with van der Waals surface area (Å²) in [6, 6.07) is 3.49. The molecule has 1 aromatic heterocycles. The molecule has 4 nitrogen and oxygen atoms in total. The van der Waals surface area contributed by atoms with E-state index in [1.807, 2.05) is 41.5 Å². The molecule has 2 aromatic rings. The summed E-state index contributed by atoms with van der Waals surface area (Å²) in [5.41, 5.74) is 2.15. The number of aryl methyl sites for hydroxylation is 1. The van der Waals surface area contributed by atoms with Gasteiger partial charge in [0.2, 0.25) is 0 Å².